The molecule has 6 heteroatoms. The van der Waals surface area contributed by atoms with Crippen molar-refractivity contribution < 1.29 is 13.2 Å². The maximum atomic E-state index is 13.3. The molecule has 2 rings (SSSR count). The third kappa shape index (κ3) is 6.08. The average Bonchev–Trinajstić information content (AvgIpc) is 2.67. The number of anilines is 1. The first-order chi connectivity index (χ1) is 14.0. The second kappa shape index (κ2) is 10.1. The third-order valence-electron chi connectivity index (χ3n) is 5.30. The van der Waals surface area contributed by atoms with Crippen molar-refractivity contribution in [2.45, 2.75) is 59.5 Å². The molecule has 0 fully saturated rings. The molecular formula is C24H34N2O3S. The van der Waals surface area contributed by atoms with E-state index in [1.807, 2.05) is 63.2 Å². The zero-order chi connectivity index (χ0) is 22.5. The summed E-state index contributed by atoms with van der Waals surface area (Å²) in [6.07, 6.45) is 2.30. The second-order valence-electron chi connectivity index (χ2n) is 8.35. The van der Waals surface area contributed by atoms with Crippen LogP contribution in [0.1, 0.15) is 56.3 Å². The van der Waals surface area contributed by atoms with Crippen molar-refractivity contribution in [3.05, 3.63) is 65.2 Å². The molecule has 1 N–H and O–H groups in total. The summed E-state index contributed by atoms with van der Waals surface area (Å²) in [6.45, 7) is 9.97. The lowest BCUT2D eigenvalue weighted by molar-refractivity contribution is -0.123. The zero-order valence-corrected chi connectivity index (χ0v) is 19.7. The van der Waals surface area contributed by atoms with Gasteiger partial charge in [0.05, 0.1) is 18.0 Å². The highest BCUT2D eigenvalue weighted by molar-refractivity contribution is 7.92. The van der Waals surface area contributed by atoms with Gasteiger partial charge in [-0.25, -0.2) is 8.42 Å². The number of amides is 1. The Morgan fingerprint density at radius 2 is 1.67 bits per heavy atom. The number of rotatable bonds is 9. The molecule has 0 aliphatic carbocycles. The number of nitrogens with one attached hydrogen (secondary N) is 1. The van der Waals surface area contributed by atoms with Gasteiger partial charge in [0.15, 0.2) is 0 Å². The van der Waals surface area contributed by atoms with E-state index in [2.05, 4.69) is 19.2 Å². The van der Waals surface area contributed by atoms with Gasteiger partial charge in [0, 0.05) is 0 Å². The van der Waals surface area contributed by atoms with Crippen LogP contribution in [0.5, 0.6) is 0 Å². The molecule has 30 heavy (non-hydrogen) atoms. The van der Waals surface area contributed by atoms with Crippen LogP contribution >= 0.6 is 0 Å². The van der Waals surface area contributed by atoms with Crippen molar-refractivity contribution >= 4 is 21.6 Å². The van der Waals surface area contributed by atoms with Crippen LogP contribution in [-0.2, 0) is 14.8 Å². The SMILES string of the molecule is CC[C@H](C(=O)N[C@@H](CC(C)C)c1ccccc1)N(c1ccc(C)c(C)c1)S(C)(=O)=O. The molecule has 2 atom stereocenters. The number of hydrogen-bond acceptors (Lipinski definition) is 3. The summed E-state index contributed by atoms with van der Waals surface area (Å²) in [5.41, 5.74) is 3.60. The minimum absolute atomic E-state index is 0.172. The fourth-order valence-electron chi connectivity index (χ4n) is 3.63. The van der Waals surface area contributed by atoms with Gasteiger partial charge in [0.2, 0.25) is 15.9 Å². The van der Waals surface area contributed by atoms with Crippen molar-refractivity contribution in [1.29, 1.82) is 0 Å². The van der Waals surface area contributed by atoms with E-state index in [1.165, 1.54) is 4.31 Å². The molecule has 0 radical (unpaired) electrons. The van der Waals surface area contributed by atoms with Crippen LogP contribution < -0.4 is 9.62 Å². The second-order valence-corrected chi connectivity index (χ2v) is 10.2. The average molecular weight is 431 g/mol. The highest BCUT2D eigenvalue weighted by Crippen LogP contribution is 2.27. The Morgan fingerprint density at radius 1 is 1.03 bits per heavy atom. The Balaban J connectivity index is 2.39. The summed E-state index contributed by atoms with van der Waals surface area (Å²) in [7, 11) is -3.65. The van der Waals surface area contributed by atoms with Gasteiger partial charge in [0.25, 0.3) is 0 Å². The first kappa shape index (κ1) is 23.9. The molecule has 0 saturated carbocycles. The quantitative estimate of drug-likeness (QED) is 0.624. The van der Waals surface area contributed by atoms with Crippen molar-refractivity contribution in [3.63, 3.8) is 0 Å². The number of aryl methyl sites for hydroxylation is 2. The lowest BCUT2D eigenvalue weighted by atomic mass is 9.96. The van der Waals surface area contributed by atoms with Gasteiger partial charge >= 0.3 is 0 Å². The van der Waals surface area contributed by atoms with Crippen LogP contribution in [0.25, 0.3) is 0 Å². The molecule has 0 unspecified atom stereocenters. The largest absolute Gasteiger partial charge is 0.347 e. The maximum absolute atomic E-state index is 13.3. The van der Waals surface area contributed by atoms with Crippen LogP contribution in [0.3, 0.4) is 0 Å². The van der Waals surface area contributed by atoms with Gasteiger partial charge in [0.1, 0.15) is 6.04 Å². The Bertz CT molecular complexity index is 956. The third-order valence-corrected chi connectivity index (χ3v) is 6.48. The molecule has 164 valence electrons. The van der Waals surface area contributed by atoms with Gasteiger partial charge in [-0.05, 0) is 61.4 Å². The first-order valence-corrected chi connectivity index (χ1v) is 12.3. The standard InChI is InChI=1S/C24H34N2O3S/c1-7-23(26(30(6,28)29)21-14-13-18(4)19(5)16-21)24(27)25-22(15-17(2)3)20-11-9-8-10-12-20/h8-14,16-17,22-23H,7,15H2,1-6H3,(H,25,27)/t22-,23+/m0/s1. The Kier molecular flexibility index (Phi) is 8.07. The van der Waals surface area contributed by atoms with Gasteiger partial charge in [-0.1, -0.05) is 57.2 Å². The summed E-state index contributed by atoms with van der Waals surface area (Å²) >= 11 is 0. The number of hydrogen-bond donors (Lipinski definition) is 1. The van der Waals surface area contributed by atoms with Crippen LogP contribution in [-0.4, -0.2) is 26.6 Å². The fourth-order valence-corrected chi connectivity index (χ4v) is 4.83. The summed E-state index contributed by atoms with van der Waals surface area (Å²) in [5, 5.41) is 3.12. The fraction of sp³-hybridized carbons (Fsp3) is 0.458. The van der Waals surface area contributed by atoms with E-state index in [0.29, 0.717) is 18.0 Å². The minimum atomic E-state index is -3.65. The highest BCUT2D eigenvalue weighted by Gasteiger charge is 2.33. The molecule has 0 heterocycles. The van der Waals surface area contributed by atoms with Gasteiger partial charge in [-0.15, -0.1) is 0 Å². The summed E-state index contributed by atoms with van der Waals surface area (Å²) < 4.78 is 26.7. The number of nitrogens with zero attached hydrogens (tertiary/aromatic N) is 1. The Hall–Kier alpha value is -2.34. The first-order valence-electron chi connectivity index (χ1n) is 10.5. The predicted molar refractivity (Wildman–Crippen MR) is 124 cm³/mol. The van der Waals surface area contributed by atoms with Crippen molar-refractivity contribution in [1.82, 2.24) is 5.32 Å². The zero-order valence-electron chi connectivity index (χ0n) is 18.8. The number of sulfonamides is 1. The van der Waals surface area contributed by atoms with E-state index in [0.717, 1.165) is 29.4 Å². The van der Waals surface area contributed by atoms with Crippen LogP contribution in [0.4, 0.5) is 5.69 Å². The van der Waals surface area contributed by atoms with Gasteiger partial charge in [-0.2, -0.15) is 0 Å². The lowest BCUT2D eigenvalue weighted by Gasteiger charge is -2.32. The van der Waals surface area contributed by atoms with Gasteiger partial charge in [-0.3, -0.25) is 9.10 Å². The van der Waals surface area contributed by atoms with E-state index in [9.17, 15) is 13.2 Å². The smallest absolute Gasteiger partial charge is 0.244 e. The van der Waals surface area contributed by atoms with E-state index in [-0.39, 0.29) is 11.9 Å². The van der Waals surface area contributed by atoms with Crippen molar-refractivity contribution in [2.24, 2.45) is 5.92 Å². The Morgan fingerprint density at radius 3 is 2.17 bits per heavy atom. The van der Waals surface area contributed by atoms with Crippen molar-refractivity contribution in [2.75, 3.05) is 10.6 Å². The molecular weight excluding hydrogens is 396 g/mol. The molecule has 0 aromatic heterocycles. The minimum Gasteiger partial charge on any atom is -0.347 e. The molecule has 5 nitrogen and oxygen atoms in total. The van der Waals surface area contributed by atoms with E-state index >= 15 is 0 Å². The molecule has 0 spiro atoms. The van der Waals surface area contributed by atoms with Crippen LogP contribution in [0, 0.1) is 19.8 Å². The normalized spacial score (nSPS) is 13.7. The number of carbonyl (C=O) groups is 1. The highest BCUT2D eigenvalue weighted by atomic mass is 32.2. The Labute approximate surface area is 181 Å². The van der Waals surface area contributed by atoms with Gasteiger partial charge < -0.3 is 5.32 Å². The van der Waals surface area contributed by atoms with E-state index < -0.39 is 16.1 Å². The molecule has 0 aliphatic heterocycles. The lowest BCUT2D eigenvalue weighted by Crippen LogP contribution is -2.50. The van der Waals surface area contributed by atoms with Crippen molar-refractivity contribution in [3.8, 4) is 0 Å². The van der Waals surface area contributed by atoms with E-state index in [1.54, 1.807) is 6.07 Å². The molecule has 0 aliphatic rings. The van der Waals surface area contributed by atoms with Crippen LogP contribution in [0.15, 0.2) is 48.5 Å². The summed E-state index contributed by atoms with van der Waals surface area (Å²) in [4.78, 5) is 13.3. The molecule has 2 aromatic rings. The molecule has 0 bridgehead atoms. The monoisotopic (exact) mass is 430 g/mol. The van der Waals surface area contributed by atoms with Crippen LogP contribution in [0.2, 0.25) is 0 Å². The molecule has 0 saturated heterocycles. The molecule has 2 aromatic carbocycles. The predicted octanol–water partition coefficient (Wildman–Crippen LogP) is 4.75. The summed E-state index contributed by atoms with van der Waals surface area (Å²) in [5.74, 6) is 0.0944. The van der Waals surface area contributed by atoms with E-state index in [4.69, 9.17) is 0 Å². The maximum Gasteiger partial charge on any atom is 0.244 e. The molecule has 1 amide bonds. The summed E-state index contributed by atoms with van der Waals surface area (Å²) in [6, 6.07) is 14.3. The number of carbonyl (C=O) groups excluding carboxylic acids is 1. The number of benzene rings is 2. The topological polar surface area (TPSA) is 66.5 Å².